The van der Waals surface area contributed by atoms with E-state index in [0.29, 0.717) is 0 Å². The van der Waals surface area contributed by atoms with Crippen LogP contribution in [-0.4, -0.2) is 21.2 Å². The first-order valence-corrected chi connectivity index (χ1v) is 4.67. The van der Waals surface area contributed by atoms with Crippen LogP contribution in [0.15, 0.2) is 23.0 Å². The molecule has 0 amide bonds. The average Bonchev–Trinajstić information content (AvgIpc) is 2.21. The van der Waals surface area contributed by atoms with Gasteiger partial charge in [0.25, 0.3) is 5.56 Å². The molecule has 0 aliphatic carbocycles. The zero-order valence-electron chi connectivity index (χ0n) is 7.82. The SMILES string of the molecule is O=C(O)c1c(Cl)c(=O)[nH]c2c(O)cccc12. The van der Waals surface area contributed by atoms with Gasteiger partial charge < -0.3 is 15.2 Å². The Morgan fingerprint density at radius 2 is 2.06 bits per heavy atom. The van der Waals surface area contributed by atoms with Crippen molar-refractivity contribution in [1.82, 2.24) is 4.98 Å². The number of aromatic nitrogens is 1. The minimum Gasteiger partial charge on any atom is -0.506 e. The van der Waals surface area contributed by atoms with Gasteiger partial charge in [-0.1, -0.05) is 23.7 Å². The maximum atomic E-state index is 11.3. The highest BCUT2D eigenvalue weighted by atomic mass is 35.5. The molecule has 0 spiro atoms. The maximum absolute atomic E-state index is 11.3. The molecular weight excluding hydrogens is 234 g/mol. The number of halogens is 1. The van der Waals surface area contributed by atoms with Crippen molar-refractivity contribution in [1.29, 1.82) is 0 Å². The summed E-state index contributed by atoms with van der Waals surface area (Å²) in [6, 6.07) is 4.27. The number of H-pyrrole nitrogens is 1. The number of nitrogens with one attached hydrogen (secondary N) is 1. The van der Waals surface area contributed by atoms with E-state index in [1.807, 2.05) is 0 Å². The van der Waals surface area contributed by atoms with E-state index >= 15 is 0 Å². The van der Waals surface area contributed by atoms with Gasteiger partial charge in [0.15, 0.2) is 0 Å². The molecule has 82 valence electrons. The Hall–Kier alpha value is -2.01. The predicted octanol–water partition coefficient (Wildman–Crippen LogP) is 1.59. The number of hydrogen-bond acceptors (Lipinski definition) is 3. The van der Waals surface area contributed by atoms with Gasteiger partial charge in [0.05, 0.1) is 11.1 Å². The fourth-order valence-corrected chi connectivity index (χ4v) is 1.72. The molecule has 0 atom stereocenters. The van der Waals surface area contributed by atoms with Crippen molar-refractivity contribution in [2.75, 3.05) is 0 Å². The standard InChI is InChI=1S/C10H6ClNO4/c11-7-6(10(15)16)4-2-1-3-5(13)8(4)12-9(7)14/h1-3,13H,(H,12,14)(H,15,16). The number of carboxylic acid groups (broad SMARTS) is 1. The number of phenolic OH excluding ortho intramolecular Hbond substituents is 1. The normalized spacial score (nSPS) is 10.6. The van der Waals surface area contributed by atoms with Gasteiger partial charge in [-0.3, -0.25) is 4.79 Å². The molecule has 0 unspecified atom stereocenters. The van der Waals surface area contributed by atoms with Gasteiger partial charge in [0, 0.05) is 5.39 Å². The van der Waals surface area contributed by atoms with E-state index in [2.05, 4.69) is 4.98 Å². The van der Waals surface area contributed by atoms with Crippen LogP contribution in [-0.2, 0) is 0 Å². The number of carboxylic acids is 1. The molecule has 2 rings (SSSR count). The molecule has 1 aromatic carbocycles. The quantitative estimate of drug-likeness (QED) is 0.705. The molecule has 0 radical (unpaired) electrons. The number of hydrogen-bond donors (Lipinski definition) is 3. The molecule has 0 aliphatic heterocycles. The fourth-order valence-electron chi connectivity index (χ4n) is 1.49. The third-order valence-corrected chi connectivity index (χ3v) is 2.54. The number of para-hydroxylation sites is 1. The van der Waals surface area contributed by atoms with Gasteiger partial charge in [-0.15, -0.1) is 0 Å². The van der Waals surface area contributed by atoms with E-state index in [0.717, 1.165) is 0 Å². The number of fused-ring (bicyclic) bond motifs is 1. The highest BCUT2D eigenvalue weighted by molar-refractivity contribution is 6.34. The zero-order valence-corrected chi connectivity index (χ0v) is 8.58. The summed E-state index contributed by atoms with van der Waals surface area (Å²) in [5.74, 6) is -1.51. The highest BCUT2D eigenvalue weighted by Crippen LogP contribution is 2.27. The molecule has 1 aromatic heterocycles. The summed E-state index contributed by atoms with van der Waals surface area (Å²) in [4.78, 5) is 24.6. The number of phenols is 1. The van der Waals surface area contributed by atoms with E-state index in [4.69, 9.17) is 16.7 Å². The van der Waals surface area contributed by atoms with Crippen LogP contribution < -0.4 is 5.56 Å². The van der Waals surface area contributed by atoms with E-state index in [9.17, 15) is 14.7 Å². The molecule has 2 aromatic rings. The topological polar surface area (TPSA) is 90.4 Å². The number of benzene rings is 1. The van der Waals surface area contributed by atoms with Gasteiger partial charge >= 0.3 is 5.97 Å². The van der Waals surface area contributed by atoms with Crippen molar-refractivity contribution in [2.45, 2.75) is 0 Å². The Bertz CT molecular complexity index is 647. The minimum atomic E-state index is -1.31. The largest absolute Gasteiger partial charge is 0.506 e. The van der Waals surface area contributed by atoms with Crippen molar-refractivity contribution in [2.24, 2.45) is 0 Å². The Labute approximate surface area is 93.9 Å². The van der Waals surface area contributed by atoms with E-state index in [-0.39, 0.29) is 22.2 Å². The fraction of sp³-hybridized carbons (Fsp3) is 0. The van der Waals surface area contributed by atoms with E-state index in [1.54, 1.807) is 0 Å². The monoisotopic (exact) mass is 239 g/mol. The van der Waals surface area contributed by atoms with Gasteiger partial charge in [0.2, 0.25) is 0 Å². The second-order valence-corrected chi connectivity index (χ2v) is 3.53. The Morgan fingerprint density at radius 1 is 1.38 bits per heavy atom. The third kappa shape index (κ3) is 1.42. The second-order valence-electron chi connectivity index (χ2n) is 3.15. The second kappa shape index (κ2) is 3.53. The number of pyridine rings is 1. The lowest BCUT2D eigenvalue weighted by Gasteiger charge is -2.05. The van der Waals surface area contributed by atoms with Gasteiger partial charge in [-0.2, -0.15) is 0 Å². The number of aromatic carboxylic acids is 1. The van der Waals surface area contributed by atoms with Crippen molar-refractivity contribution >= 4 is 28.5 Å². The van der Waals surface area contributed by atoms with Gasteiger partial charge in [-0.25, -0.2) is 4.79 Å². The summed E-state index contributed by atoms with van der Waals surface area (Å²) in [6.07, 6.45) is 0. The van der Waals surface area contributed by atoms with E-state index in [1.165, 1.54) is 18.2 Å². The van der Waals surface area contributed by atoms with Crippen molar-refractivity contribution in [3.8, 4) is 5.75 Å². The number of rotatable bonds is 1. The van der Waals surface area contributed by atoms with Crippen LogP contribution in [0, 0.1) is 0 Å². The lowest BCUT2D eigenvalue weighted by atomic mass is 10.1. The summed E-state index contributed by atoms with van der Waals surface area (Å²) in [7, 11) is 0. The van der Waals surface area contributed by atoms with Gasteiger partial charge in [0.1, 0.15) is 10.8 Å². The molecule has 1 heterocycles. The van der Waals surface area contributed by atoms with Crippen LogP contribution in [0.4, 0.5) is 0 Å². The molecule has 0 bridgehead atoms. The Kier molecular flexibility index (Phi) is 2.32. The summed E-state index contributed by atoms with van der Waals surface area (Å²) in [5, 5.41) is 18.2. The first-order valence-electron chi connectivity index (χ1n) is 4.29. The molecule has 6 heteroatoms. The minimum absolute atomic E-state index is 0.0642. The molecule has 0 fully saturated rings. The average molecular weight is 240 g/mol. The third-order valence-electron chi connectivity index (χ3n) is 2.18. The summed E-state index contributed by atoms with van der Waals surface area (Å²) in [6.45, 7) is 0. The predicted molar refractivity (Wildman–Crippen MR) is 58.2 cm³/mol. The number of aromatic hydroxyl groups is 1. The lowest BCUT2D eigenvalue weighted by molar-refractivity contribution is 0.0699. The van der Waals surface area contributed by atoms with E-state index < -0.39 is 16.6 Å². The Balaban J connectivity index is 3.07. The lowest BCUT2D eigenvalue weighted by Crippen LogP contribution is -2.13. The maximum Gasteiger partial charge on any atom is 0.338 e. The highest BCUT2D eigenvalue weighted by Gasteiger charge is 2.18. The summed E-state index contributed by atoms with van der Waals surface area (Å²) < 4.78 is 0. The first kappa shape index (κ1) is 10.5. The number of carbonyl (C=O) groups is 1. The molecular formula is C10H6ClNO4. The van der Waals surface area contributed by atoms with Crippen LogP contribution in [0.2, 0.25) is 5.02 Å². The Morgan fingerprint density at radius 3 is 2.69 bits per heavy atom. The smallest absolute Gasteiger partial charge is 0.338 e. The molecule has 16 heavy (non-hydrogen) atoms. The van der Waals surface area contributed by atoms with Crippen molar-refractivity contribution in [3.05, 3.63) is 39.1 Å². The van der Waals surface area contributed by atoms with Crippen molar-refractivity contribution in [3.63, 3.8) is 0 Å². The van der Waals surface area contributed by atoms with Gasteiger partial charge in [-0.05, 0) is 6.07 Å². The molecule has 0 aliphatic rings. The summed E-state index contributed by atoms with van der Waals surface area (Å²) >= 11 is 5.61. The van der Waals surface area contributed by atoms with Crippen molar-refractivity contribution < 1.29 is 15.0 Å². The molecule has 3 N–H and O–H groups in total. The molecule has 0 saturated carbocycles. The van der Waals surface area contributed by atoms with Crippen LogP contribution in [0.1, 0.15) is 10.4 Å². The van der Waals surface area contributed by atoms with Crippen LogP contribution in [0.3, 0.4) is 0 Å². The first-order chi connectivity index (χ1) is 7.52. The zero-order chi connectivity index (χ0) is 11.9. The van der Waals surface area contributed by atoms with Crippen LogP contribution >= 0.6 is 11.6 Å². The molecule has 5 nitrogen and oxygen atoms in total. The molecule has 0 saturated heterocycles. The summed E-state index contributed by atoms with van der Waals surface area (Å²) in [5.41, 5.74) is -0.987. The number of aromatic amines is 1. The van der Waals surface area contributed by atoms with Crippen LogP contribution in [0.25, 0.3) is 10.9 Å². The van der Waals surface area contributed by atoms with Crippen LogP contribution in [0.5, 0.6) is 5.75 Å².